The first-order valence-electron chi connectivity index (χ1n) is 5.78. The third-order valence-electron chi connectivity index (χ3n) is 3.09. The highest BCUT2D eigenvalue weighted by atomic mass is 16.4. The molecule has 0 amide bonds. The van der Waals surface area contributed by atoms with Crippen LogP contribution in [0.1, 0.15) is 11.6 Å². The standard InChI is InChI=1S/C14H16N2O2/c1-16-13(14(17)18)12(15)11-7-6-9-4-2-3-5-10(9)8-11/h2-8,12-13,16H,15H2,1H3,(H,17,18). The molecule has 94 valence electrons. The third-order valence-corrected chi connectivity index (χ3v) is 3.09. The molecule has 0 radical (unpaired) electrons. The smallest absolute Gasteiger partial charge is 0.322 e. The van der Waals surface area contributed by atoms with Crippen molar-refractivity contribution in [2.45, 2.75) is 12.1 Å². The SMILES string of the molecule is CNC(C(=O)O)C(N)c1ccc2ccccc2c1. The summed E-state index contributed by atoms with van der Waals surface area (Å²) in [5.74, 6) is -0.946. The Labute approximate surface area is 105 Å². The first-order chi connectivity index (χ1) is 8.63. The molecule has 0 saturated carbocycles. The molecule has 0 aliphatic heterocycles. The van der Waals surface area contributed by atoms with Gasteiger partial charge in [0.1, 0.15) is 6.04 Å². The Morgan fingerprint density at radius 1 is 1.22 bits per heavy atom. The van der Waals surface area contributed by atoms with Crippen molar-refractivity contribution in [3.8, 4) is 0 Å². The van der Waals surface area contributed by atoms with Crippen LogP contribution in [0, 0.1) is 0 Å². The highest BCUT2D eigenvalue weighted by Crippen LogP contribution is 2.21. The molecule has 0 aromatic heterocycles. The third kappa shape index (κ3) is 2.34. The van der Waals surface area contributed by atoms with Gasteiger partial charge in [0.15, 0.2) is 0 Å². The minimum Gasteiger partial charge on any atom is -0.480 e. The molecule has 4 N–H and O–H groups in total. The van der Waals surface area contributed by atoms with Gasteiger partial charge in [-0.05, 0) is 29.4 Å². The highest BCUT2D eigenvalue weighted by molar-refractivity contribution is 5.83. The number of hydrogen-bond donors (Lipinski definition) is 3. The van der Waals surface area contributed by atoms with E-state index in [4.69, 9.17) is 10.8 Å². The van der Waals surface area contributed by atoms with Crippen LogP contribution >= 0.6 is 0 Å². The minimum absolute atomic E-state index is 0.572. The molecule has 4 nitrogen and oxygen atoms in total. The van der Waals surface area contributed by atoms with E-state index >= 15 is 0 Å². The normalized spacial score (nSPS) is 14.3. The number of rotatable bonds is 4. The quantitative estimate of drug-likeness (QED) is 0.762. The number of fused-ring (bicyclic) bond motifs is 1. The molecule has 18 heavy (non-hydrogen) atoms. The number of benzene rings is 2. The first-order valence-corrected chi connectivity index (χ1v) is 5.78. The van der Waals surface area contributed by atoms with Crippen molar-refractivity contribution in [1.29, 1.82) is 0 Å². The summed E-state index contributed by atoms with van der Waals surface area (Å²) in [4.78, 5) is 11.1. The number of hydrogen-bond acceptors (Lipinski definition) is 3. The molecule has 0 bridgehead atoms. The average molecular weight is 244 g/mol. The largest absolute Gasteiger partial charge is 0.480 e. The topological polar surface area (TPSA) is 75.3 Å². The Bertz CT molecular complexity index is 568. The Morgan fingerprint density at radius 3 is 2.50 bits per heavy atom. The Hall–Kier alpha value is -1.91. The van der Waals surface area contributed by atoms with E-state index in [2.05, 4.69) is 5.32 Å². The molecule has 4 heteroatoms. The van der Waals surface area contributed by atoms with Crippen LogP contribution in [0.3, 0.4) is 0 Å². The Morgan fingerprint density at radius 2 is 1.89 bits per heavy atom. The second-order valence-electron chi connectivity index (χ2n) is 4.24. The van der Waals surface area contributed by atoms with E-state index in [1.54, 1.807) is 7.05 Å². The number of carboxylic acids is 1. The van der Waals surface area contributed by atoms with Crippen molar-refractivity contribution in [1.82, 2.24) is 5.32 Å². The van der Waals surface area contributed by atoms with Crippen LogP contribution < -0.4 is 11.1 Å². The molecule has 2 rings (SSSR count). The molecule has 2 unspecified atom stereocenters. The van der Waals surface area contributed by atoms with E-state index in [1.165, 1.54) is 0 Å². The van der Waals surface area contributed by atoms with Crippen LogP contribution in [0.15, 0.2) is 42.5 Å². The Kier molecular flexibility index (Phi) is 3.60. The van der Waals surface area contributed by atoms with Crippen LogP contribution in [0.25, 0.3) is 10.8 Å². The molecule has 2 aromatic carbocycles. The average Bonchev–Trinajstić information content (AvgIpc) is 2.38. The zero-order valence-electron chi connectivity index (χ0n) is 10.1. The van der Waals surface area contributed by atoms with Gasteiger partial charge in [0.2, 0.25) is 0 Å². The molecule has 2 aromatic rings. The lowest BCUT2D eigenvalue weighted by Gasteiger charge is -2.20. The number of nitrogens with one attached hydrogen (secondary N) is 1. The van der Waals surface area contributed by atoms with Gasteiger partial charge in [-0.3, -0.25) is 4.79 Å². The monoisotopic (exact) mass is 244 g/mol. The molecular weight excluding hydrogens is 228 g/mol. The zero-order chi connectivity index (χ0) is 13.1. The van der Waals surface area contributed by atoms with Crippen molar-refractivity contribution in [2.24, 2.45) is 5.73 Å². The summed E-state index contributed by atoms with van der Waals surface area (Å²) in [5.41, 5.74) is 6.81. The molecule has 0 fully saturated rings. The molecule has 0 saturated heterocycles. The van der Waals surface area contributed by atoms with E-state index in [9.17, 15) is 4.79 Å². The van der Waals surface area contributed by atoms with Crippen LogP contribution in [-0.4, -0.2) is 24.2 Å². The molecule has 2 atom stereocenters. The molecule has 0 heterocycles. The lowest BCUT2D eigenvalue weighted by atomic mass is 9.97. The fourth-order valence-electron chi connectivity index (χ4n) is 2.06. The maximum absolute atomic E-state index is 11.1. The second-order valence-corrected chi connectivity index (χ2v) is 4.24. The van der Waals surface area contributed by atoms with Gasteiger partial charge >= 0.3 is 5.97 Å². The zero-order valence-corrected chi connectivity index (χ0v) is 10.1. The molecular formula is C14H16N2O2. The van der Waals surface area contributed by atoms with E-state index in [0.29, 0.717) is 0 Å². The van der Waals surface area contributed by atoms with E-state index in [-0.39, 0.29) is 0 Å². The van der Waals surface area contributed by atoms with E-state index < -0.39 is 18.1 Å². The van der Waals surface area contributed by atoms with Crippen molar-refractivity contribution in [2.75, 3.05) is 7.05 Å². The number of carboxylic acid groups (broad SMARTS) is 1. The number of likely N-dealkylation sites (N-methyl/N-ethyl adjacent to an activating group) is 1. The summed E-state index contributed by atoms with van der Waals surface area (Å²) in [6.07, 6.45) is 0. The summed E-state index contributed by atoms with van der Waals surface area (Å²) in [7, 11) is 1.60. The number of aliphatic carboxylic acids is 1. The van der Waals surface area contributed by atoms with Crippen LogP contribution in [-0.2, 0) is 4.79 Å². The van der Waals surface area contributed by atoms with E-state index in [1.807, 2.05) is 42.5 Å². The summed E-state index contributed by atoms with van der Waals surface area (Å²) < 4.78 is 0. The van der Waals surface area contributed by atoms with E-state index in [0.717, 1.165) is 16.3 Å². The predicted molar refractivity (Wildman–Crippen MR) is 71.4 cm³/mol. The van der Waals surface area contributed by atoms with Gasteiger partial charge in [0.05, 0.1) is 6.04 Å². The van der Waals surface area contributed by atoms with Crippen LogP contribution in [0.4, 0.5) is 0 Å². The van der Waals surface area contributed by atoms with Gasteiger partial charge in [0, 0.05) is 0 Å². The summed E-state index contributed by atoms with van der Waals surface area (Å²) in [6.45, 7) is 0. The van der Waals surface area contributed by atoms with Gasteiger partial charge in [-0.15, -0.1) is 0 Å². The highest BCUT2D eigenvalue weighted by Gasteiger charge is 2.24. The van der Waals surface area contributed by atoms with Crippen LogP contribution in [0.5, 0.6) is 0 Å². The van der Waals surface area contributed by atoms with Gasteiger partial charge in [-0.1, -0.05) is 36.4 Å². The van der Waals surface area contributed by atoms with Crippen molar-refractivity contribution in [3.63, 3.8) is 0 Å². The summed E-state index contributed by atoms with van der Waals surface area (Å²) in [6, 6.07) is 12.3. The van der Waals surface area contributed by atoms with Crippen molar-refractivity contribution >= 4 is 16.7 Å². The molecule has 0 spiro atoms. The van der Waals surface area contributed by atoms with Gasteiger partial charge in [-0.25, -0.2) is 0 Å². The summed E-state index contributed by atoms with van der Waals surface area (Å²) in [5, 5.41) is 14.0. The van der Waals surface area contributed by atoms with Crippen molar-refractivity contribution < 1.29 is 9.90 Å². The maximum atomic E-state index is 11.1. The number of carbonyl (C=O) groups is 1. The lowest BCUT2D eigenvalue weighted by Crippen LogP contribution is -2.43. The second kappa shape index (κ2) is 5.16. The minimum atomic E-state index is -0.946. The molecule has 0 aliphatic carbocycles. The fraction of sp³-hybridized carbons (Fsp3) is 0.214. The molecule has 0 aliphatic rings. The number of nitrogens with two attached hydrogens (primary N) is 1. The first kappa shape index (κ1) is 12.5. The van der Waals surface area contributed by atoms with Crippen LogP contribution in [0.2, 0.25) is 0 Å². The predicted octanol–water partition coefficient (Wildman–Crippen LogP) is 1.51. The summed E-state index contributed by atoms with van der Waals surface area (Å²) >= 11 is 0. The Balaban J connectivity index is 2.38. The van der Waals surface area contributed by atoms with Gasteiger partial charge < -0.3 is 16.2 Å². The van der Waals surface area contributed by atoms with Gasteiger partial charge in [-0.2, -0.15) is 0 Å². The fourth-order valence-corrected chi connectivity index (χ4v) is 2.06. The van der Waals surface area contributed by atoms with Crippen molar-refractivity contribution in [3.05, 3.63) is 48.0 Å². The maximum Gasteiger partial charge on any atom is 0.322 e. The lowest BCUT2D eigenvalue weighted by molar-refractivity contribution is -0.139. The van der Waals surface area contributed by atoms with Gasteiger partial charge in [0.25, 0.3) is 0 Å².